The lowest BCUT2D eigenvalue weighted by Gasteiger charge is -2.23. The SMILES string of the molecule is Cc1ccc(C(=O)N2CC[C@H](N(C)Cc3noc(C4CC4)n3)C2)o1. The Morgan fingerprint density at radius 2 is 2.21 bits per heavy atom. The molecule has 0 N–H and O–H groups in total. The van der Waals surface area contributed by atoms with E-state index in [4.69, 9.17) is 8.94 Å². The number of hydrogen-bond acceptors (Lipinski definition) is 6. The van der Waals surface area contributed by atoms with E-state index >= 15 is 0 Å². The Hall–Kier alpha value is -2.15. The topological polar surface area (TPSA) is 75.6 Å². The number of aryl methyl sites for hydroxylation is 1. The molecule has 1 amide bonds. The lowest BCUT2D eigenvalue weighted by atomic mass is 10.2. The predicted octanol–water partition coefficient (Wildman–Crippen LogP) is 2.19. The van der Waals surface area contributed by atoms with Gasteiger partial charge in [0.05, 0.1) is 6.54 Å². The summed E-state index contributed by atoms with van der Waals surface area (Å²) < 4.78 is 10.7. The van der Waals surface area contributed by atoms with Gasteiger partial charge >= 0.3 is 0 Å². The van der Waals surface area contributed by atoms with Gasteiger partial charge in [-0.15, -0.1) is 0 Å². The zero-order valence-corrected chi connectivity index (χ0v) is 14.1. The van der Waals surface area contributed by atoms with Gasteiger partial charge in [0.15, 0.2) is 11.6 Å². The Bertz CT molecular complexity index is 734. The molecule has 128 valence electrons. The number of rotatable bonds is 5. The van der Waals surface area contributed by atoms with Crippen molar-refractivity contribution in [3.05, 3.63) is 35.4 Å². The Balaban J connectivity index is 1.34. The van der Waals surface area contributed by atoms with E-state index in [0.29, 0.717) is 30.8 Å². The molecule has 2 aromatic heterocycles. The highest BCUT2D eigenvalue weighted by Gasteiger charge is 2.32. The molecule has 7 heteroatoms. The number of hydrogen-bond donors (Lipinski definition) is 0. The fourth-order valence-corrected chi connectivity index (χ4v) is 3.17. The lowest BCUT2D eigenvalue weighted by Crippen LogP contribution is -2.36. The summed E-state index contributed by atoms with van der Waals surface area (Å²) in [7, 11) is 2.04. The average molecular weight is 330 g/mol. The molecule has 7 nitrogen and oxygen atoms in total. The number of carbonyl (C=O) groups excluding carboxylic acids is 1. The van der Waals surface area contributed by atoms with Crippen LogP contribution < -0.4 is 0 Å². The maximum atomic E-state index is 12.4. The summed E-state index contributed by atoms with van der Waals surface area (Å²) in [6, 6.07) is 3.86. The number of aromatic nitrogens is 2. The molecular formula is C17H22N4O3. The summed E-state index contributed by atoms with van der Waals surface area (Å²) in [4.78, 5) is 21.0. The minimum atomic E-state index is -0.0328. The highest BCUT2D eigenvalue weighted by molar-refractivity contribution is 5.91. The maximum Gasteiger partial charge on any atom is 0.289 e. The summed E-state index contributed by atoms with van der Waals surface area (Å²) in [6.07, 6.45) is 3.25. The second-order valence-corrected chi connectivity index (χ2v) is 6.84. The maximum absolute atomic E-state index is 12.4. The molecule has 0 radical (unpaired) electrons. The van der Waals surface area contributed by atoms with Crippen LogP contribution in [0.5, 0.6) is 0 Å². The van der Waals surface area contributed by atoms with Crippen LogP contribution in [0, 0.1) is 6.92 Å². The third-order valence-electron chi connectivity index (χ3n) is 4.83. The van der Waals surface area contributed by atoms with E-state index in [1.165, 1.54) is 0 Å². The first kappa shape index (κ1) is 15.4. The predicted molar refractivity (Wildman–Crippen MR) is 85.5 cm³/mol. The highest BCUT2D eigenvalue weighted by Crippen LogP contribution is 2.38. The Kier molecular flexibility index (Phi) is 3.88. The van der Waals surface area contributed by atoms with Crippen LogP contribution in [0.3, 0.4) is 0 Å². The van der Waals surface area contributed by atoms with Gasteiger partial charge in [-0.05, 0) is 45.4 Å². The van der Waals surface area contributed by atoms with Crippen LogP contribution in [-0.2, 0) is 6.54 Å². The van der Waals surface area contributed by atoms with Crippen LogP contribution in [0.25, 0.3) is 0 Å². The molecule has 1 saturated carbocycles. The minimum Gasteiger partial charge on any atom is -0.456 e. The van der Waals surface area contributed by atoms with Crippen LogP contribution in [0.2, 0.25) is 0 Å². The summed E-state index contributed by atoms with van der Waals surface area (Å²) in [5.41, 5.74) is 0. The van der Waals surface area contributed by atoms with Gasteiger partial charge in [-0.2, -0.15) is 4.98 Å². The summed E-state index contributed by atoms with van der Waals surface area (Å²) in [5, 5.41) is 4.07. The van der Waals surface area contributed by atoms with Crippen molar-refractivity contribution in [2.75, 3.05) is 20.1 Å². The normalized spacial score (nSPS) is 21.0. The summed E-state index contributed by atoms with van der Waals surface area (Å²) in [5.74, 6) is 3.13. The molecule has 1 aliphatic carbocycles. The van der Waals surface area contributed by atoms with Crippen molar-refractivity contribution in [2.24, 2.45) is 0 Å². The molecule has 0 aromatic carbocycles. The largest absolute Gasteiger partial charge is 0.456 e. The zero-order chi connectivity index (χ0) is 16.7. The highest BCUT2D eigenvalue weighted by atomic mass is 16.5. The lowest BCUT2D eigenvalue weighted by molar-refractivity contribution is 0.0746. The second-order valence-electron chi connectivity index (χ2n) is 6.84. The molecule has 4 rings (SSSR count). The molecule has 1 aliphatic heterocycles. The van der Waals surface area contributed by atoms with Crippen molar-refractivity contribution in [3.63, 3.8) is 0 Å². The molecule has 1 saturated heterocycles. The summed E-state index contributed by atoms with van der Waals surface area (Å²) in [6.45, 7) is 3.93. The molecule has 0 bridgehead atoms. The molecule has 2 aliphatic rings. The second kappa shape index (κ2) is 6.05. The first-order valence-electron chi connectivity index (χ1n) is 8.48. The van der Waals surface area contributed by atoms with E-state index in [1.807, 2.05) is 24.9 Å². The minimum absolute atomic E-state index is 0.0328. The number of likely N-dealkylation sites (N-methyl/N-ethyl adjacent to an activating group) is 1. The molecule has 0 unspecified atom stereocenters. The third kappa shape index (κ3) is 3.08. The van der Waals surface area contributed by atoms with Gasteiger partial charge in [0, 0.05) is 25.0 Å². The molecular weight excluding hydrogens is 308 g/mol. The van der Waals surface area contributed by atoms with Gasteiger partial charge in [0.25, 0.3) is 5.91 Å². The molecule has 24 heavy (non-hydrogen) atoms. The quantitative estimate of drug-likeness (QED) is 0.836. The Morgan fingerprint density at radius 3 is 2.92 bits per heavy atom. The van der Waals surface area contributed by atoms with E-state index in [0.717, 1.165) is 43.3 Å². The smallest absolute Gasteiger partial charge is 0.289 e. The van der Waals surface area contributed by atoms with Crippen molar-refractivity contribution >= 4 is 5.91 Å². The number of likely N-dealkylation sites (tertiary alicyclic amines) is 1. The van der Waals surface area contributed by atoms with Crippen molar-refractivity contribution in [1.82, 2.24) is 19.9 Å². The number of furan rings is 1. The van der Waals surface area contributed by atoms with Gasteiger partial charge in [0.1, 0.15) is 5.76 Å². The first-order valence-corrected chi connectivity index (χ1v) is 8.48. The molecule has 0 spiro atoms. The van der Waals surface area contributed by atoms with Crippen LogP contribution in [0.1, 0.15) is 53.2 Å². The van der Waals surface area contributed by atoms with Gasteiger partial charge in [-0.1, -0.05) is 5.16 Å². The third-order valence-corrected chi connectivity index (χ3v) is 4.83. The van der Waals surface area contributed by atoms with E-state index in [1.54, 1.807) is 6.07 Å². The molecule has 2 aromatic rings. The van der Waals surface area contributed by atoms with Crippen molar-refractivity contribution in [3.8, 4) is 0 Å². The number of carbonyl (C=O) groups is 1. The fourth-order valence-electron chi connectivity index (χ4n) is 3.17. The molecule has 3 heterocycles. The van der Waals surface area contributed by atoms with Gasteiger partial charge in [0.2, 0.25) is 5.89 Å². The fraction of sp³-hybridized carbons (Fsp3) is 0.588. The van der Waals surface area contributed by atoms with Crippen molar-refractivity contribution in [2.45, 2.75) is 44.7 Å². The van der Waals surface area contributed by atoms with Crippen LogP contribution in [0.15, 0.2) is 21.1 Å². The number of nitrogens with zero attached hydrogens (tertiary/aromatic N) is 4. The average Bonchev–Trinajstić information content (AvgIpc) is 2.99. The van der Waals surface area contributed by atoms with E-state index in [-0.39, 0.29) is 5.91 Å². The van der Waals surface area contributed by atoms with Crippen LogP contribution >= 0.6 is 0 Å². The monoisotopic (exact) mass is 330 g/mol. The molecule has 2 fully saturated rings. The molecule has 1 atom stereocenters. The Labute approximate surface area is 140 Å². The van der Waals surface area contributed by atoms with Crippen LogP contribution in [0.4, 0.5) is 0 Å². The van der Waals surface area contributed by atoms with Gasteiger partial charge in [-0.25, -0.2) is 0 Å². The van der Waals surface area contributed by atoms with E-state index in [9.17, 15) is 4.79 Å². The first-order chi connectivity index (χ1) is 11.6. The summed E-state index contributed by atoms with van der Waals surface area (Å²) >= 11 is 0. The van der Waals surface area contributed by atoms with Crippen LogP contribution in [-0.4, -0.2) is 52.0 Å². The van der Waals surface area contributed by atoms with Crippen molar-refractivity contribution < 1.29 is 13.7 Å². The van der Waals surface area contributed by atoms with Gasteiger partial charge < -0.3 is 13.8 Å². The standard InChI is InChI=1S/C17H22N4O3/c1-11-3-6-14(23-11)17(22)21-8-7-13(9-21)20(2)10-15-18-16(24-19-15)12-4-5-12/h3,6,12-13H,4-5,7-10H2,1-2H3/t13-/m0/s1. The Morgan fingerprint density at radius 1 is 1.38 bits per heavy atom. The van der Waals surface area contributed by atoms with Crippen molar-refractivity contribution in [1.29, 1.82) is 0 Å². The van der Waals surface area contributed by atoms with E-state index in [2.05, 4.69) is 15.0 Å². The number of amides is 1. The van der Waals surface area contributed by atoms with E-state index < -0.39 is 0 Å². The van der Waals surface area contributed by atoms with Gasteiger partial charge in [-0.3, -0.25) is 9.69 Å². The zero-order valence-electron chi connectivity index (χ0n) is 14.1.